The van der Waals surface area contributed by atoms with Crippen LogP contribution in [0.3, 0.4) is 0 Å². The van der Waals surface area contributed by atoms with Crippen molar-refractivity contribution < 1.29 is 5.11 Å². The standard InChI is InChI=1S/C24H24ClN3O/c1-28(2)15-16-10-12-19(13-11-16)26-23(17-6-5-7-18(25)14-17)22-20-8-3-4-9-21(20)27-24(22)29/h3-14,24,26-27,29H,15H2,1-2H3/b23-22-. The molecule has 1 heterocycles. The first-order valence-corrected chi connectivity index (χ1v) is 9.94. The summed E-state index contributed by atoms with van der Waals surface area (Å²) in [5, 5.41) is 18.1. The smallest absolute Gasteiger partial charge is 0.153 e. The summed E-state index contributed by atoms with van der Waals surface area (Å²) in [7, 11) is 4.11. The van der Waals surface area contributed by atoms with Crippen molar-refractivity contribution in [2.45, 2.75) is 12.8 Å². The highest BCUT2D eigenvalue weighted by atomic mass is 35.5. The number of fused-ring (bicyclic) bond motifs is 1. The van der Waals surface area contributed by atoms with Crippen LogP contribution in [0.2, 0.25) is 5.02 Å². The molecule has 0 aliphatic carbocycles. The summed E-state index contributed by atoms with van der Waals surface area (Å²) < 4.78 is 0. The third-order valence-electron chi connectivity index (χ3n) is 4.89. The van der Waals surface area contributed by atoms with E-state index in [-0.39, 0.29) is 0 Å². The van der Waals surface area contributed by atoms with Gasteiger partial charge in [0.2, 0.25) is 0 Å². The van der Waals surface area contributed by atoms with E-state index >= 15 is 0 Å². The van der Waals surface area contributed by atoms with Gasteiger partial charge in [-0.1, -0.05) is 54.1 Å². The van der Waals surface area contributed by atoms with Crippen molar-refractivity contribution >= 4 is 34.2 Å². The van der Waals surface area contributed by atoms with E-state index in [2.05, 4.69) is 53.9 Å². The van der Waals surface area contributed by atoms with E-state index in [0.717, 1.165) is 40.3 Å². The second kappa shape index (κ2) is 8.29. The second-order valence-electron chi connectivity index (χ2n) is 7.45. The Morgan fingerprint density at radius 2 is 1.79 bits per heavy atom. The number of aliphatic hydroxyl groups excluding tert-OH is 1. The Kier molecular flexibility index (Phi) is 5.58. The predicted molar refractivity (Wildman–Crippen MR) is 122 cm³/mol. The van der Waals surface area contributed by atoms with Gasteiger partial charge in [0.15, 0.2) is 6.23 Å². The van der Waals surface area contributed by atoms with Crippen molar-refractivity contribution in [2.75, 3.05) is 24.7 Å². The lowest BCUT2D eigenvalue weighted by atomic mass is 9.99. The molecule has 1 aliphatic heterocycles. The van der Waals surface area contributed by atoms with E-state index in [1.54, 1.807) is 0 Å². The summed E-state index contributed by atoms with van der Waals surface area (Å²) in [5.74, 6) is 0. The monoisotopic (exact) mass is 405 g/mol. The minimum Gasteiger partial charge on any atom is -0.369 e. The first kappa shape index (κ1) is 19.5. The summed E-state index contributed by atoms with van der Waals surface area (Å²) in [4.78, 5) is 2.14. The zero-order valence-corrected chi connectivity index (χ0v) is 17.2. The molecule has 5 heteroatoms. The molecule has 0 radical (unpaired) electrons. The number of aliphatic hydroxyl groups is 1. The minimum absolute atomic E-state index is 0.650. The molecule has 1 atom stereocenters. The Morgan fingerprint density at radius 3 is 2.52 bits per heavy atom. The maximum absolute atomic E-state index is 10.8. The molecule has 1 unspecified atom stereocenters. The molecule has 3 aromatic carbocycles. The van der Waals surface area contributed by atoms with Crippen molar-refractivity contribution in [3.05, 3.63) is 94.5 Å². The Balaban J connectivity index is 1.78. The van der Waals surface area contributed by atoms with Gasteiger partial charge in [-0.05, 0) is 55.6 Å². The summed E-state index contributed by atoms with van der Waals surface area (Å²) >= 11 is 6.27. The topological polar surface area (TPSA) is 47.5 Å². The zero-order valence-electron chi connectivity index (χ0n) is 16.5. The van der Waals surface area contributed by atoms with Crippen molar-refractivity contribution in [2.24, 2.45) is 0 Å². The fourth-order valence-electron chi connectivity index (χ4n) is 3.62. The highest BCUT2D eigenvalue weighted by molar-refractivity contribution is 6.30. The van der Waals surface area contributed by atoms with Crippen molar-refractivity contribution in [3.8, 4) is 0 Å². The van der Waals surface area contributed by atoms with E-state index in [4.69, 9.17) is 11.6 Å². The SMILES string of the molecule is CN(C)Cc1ccc(N/C(=C2/c3ccccc3NC2O)c2cccc(Cl)c2)cc1. The van der Waals surface area contributed by atoms with Crippen LogP contribution in [-0.4, -0.2) is 30.3 Å². The van der Waals surface area contributed by atoms with Gasteiger partial charge < -0.3 is 20.6 Å². The quantitative estimate of drug-likeness (QED) is 0.551. The van der Waals surface area contributed by atoms with Gasteiger partial charge in [0, 0.05) is 34.1 Å². The van der Waals surface area contributed by atoms with Gasteiger partial charge in [-0.15, -0.1) is 0 Å². The fourth-order valence-corrected chi connectivity index (χ4v) is 3.81. The lowest BCUT2D eigenvalue weighted by molar-refractivity contribution is 0.266. The molecular weight excluding hydrogens is 382 g/mol. The van der Waals surface area contributed by atoms with Crippen molar-refractivity contribution in [1.29, 1.82) is 0 Å². The third kappa shape index (κ3) is 4.30. The lowest BCUT2D eigenvalue weighted by Crippen LogP contribution is -2.16. The number of halogens is 1. The van der Waals surface area contributed by atoms with Gasteiger partial charge in [-0.25, -0.2) is 0 Å². The molecular formula is C24H24ClN3O. The van der Waals surface area contributed by atoms with E-state index in [9.17, 15) is 5.11 Å². The van der Waals surface area contributed by atoms with Gasteiger partial charge in [0.05, 0.1) is 5.70 Å². The predicted octanol–water partition coefficient (Wildman–Crippen LogP) is 5.13. The van der Waals surface area contributed by atoms with E-state index in [0.29, 0.717) is 5.02 Å². The van der Waals surface area contributed by atoms with Crippen LogP contribution in [0.15, 0.2) is 72.8 Å². The van der Waals surface area contributed by atoms with Crippen LogP contribution < -0.4 is 10.6 Å². The number of para-hydroxylation sites is 1. The molecule has 0 fully saturated rings. The summed E-state index contributed by atoms with van der Waals surface area (Å²) in [6.45, 7) is 0.887. The summed E-state index contributed by atoms with van der Waals surface area (Å²) in [6.07, 6.45) is -0.804. The van der Waals surface area contributed by atoms with E-state index in [1.165, 1.54) is 5.56 Å². The fraction of sp³-hybridized carbons (Fsp3) is 0.167. The maximum Gasteiger partial charge on any atom is 0.153 e. The molecule has 0 bridgehead atoms. The molecule has 0 saturated carbocycles. The molecule has 4 rings (SSSR count). The molecule has 148 valence electrons. The van der Waals surface area contributed by atoms with E-state index in [1.807, 2.05) is 48.5 Å². The molecule has 1 aliphatic rings. The number of benzene rings is 3. The highest BCUT2D eigenvalue weighted by Gasteiger charge is 2.28. The Morgan fingerprint density at radius 1 is 1.03 bits per heavy atom. The minimum atomic E-state index is -0.804. The van der Waals surface area contributed by atoms with Crippen LogP contribution in [0.1, 0.15) is 16.7 Å². The number of anilines is 2. The maximum atomic E-state index is 10.8. The highest BCUT2D eigenvalue weighted by Crippen LogP contribution is 2.39. The number of rotatable bonds is 5. The van der Waals surface area contributed by atoms with Gasteiger partial charge in [-0.3, -0.25) is 0 Å². The Labute approximate surface area is 176 Å². The normalized spacial score (nSPS) is 17.1. The van der Waals surface area contributed by atoms with E-state index < -0.39 is 6.23 Å². The first-order valence-electron chi connectivity index (χ1n) is 9.56. The number of nitrogens with zero attached hydrogens (tertiary/aromatic N) is 1. The number of hydrogen-bond donors (Lipinski definition) is 3. The van der Waals surface area contributed by atoms with Gasteiger partial charge in [0.25, 0.3) is 0 Å². The van der Waals surface area contributed by atoms with Gasteiger partial charge in [-0.2, -0.15) is 0 Å². The van der Waals surface area contributed by atoms with Crippen LogP contribution in [0, 0.1) is 0 Å². The Bertz CT molecular complexity index is 1040. The molecule has 4 nitrogen and oxygen atoms in total. The average molecular weight is 406 g/mol. The van der Waals surface area contributed by atoms with Gasteiger partial charge >= 0.3 is 0 Å². The Hall–Kier alpha value is -2.79. The van der Waals surface area contributed by atoms with Gasteiger partial charge in [0.1, 0.15) is 0 Å². The third-order valence-corrected chi connectivity index (χ3v) is 5.12. The lowest BCUT2D eigenvalue weighted by Gasteiger charge is -2.18. The summed E-state index contributed by atoms with van der Waals surface area (Å²) in [6, 6.07) is 23.9. The van der Waals surface area contributed by atoms with Crippen LogP contribution in [0.4, 0.5) is 11.4 Å². The molecule has 3 aromatic rings. The van der Waals surface area contributed by atoms with Crippen molar-refractivity contribution in [3.63, 3.8) is 0 Å². The zero-order chi connectivity index (χ0) is 20.4. The number of hydrogen-bond acceptors (Lipinski definition) is 4. The average Bonchev–Trinajstić information content (AvgIpc) is 3.02. The molecule has 3 N–H and O–H groups in total. The van der Waals surface area contributed by atoms with Crippen LogP contribution >= 0.6 is 11.6 Å². The largest absolute Gasteiger partial charge is 0.369 e. The summed E-state index contributed by atoms with van der Waals surface area (Å²) in [5.41, 5.74) is 6.64. The van der Waals surface area contributed by atoms with Crippen LogP contribution in [-0.2, 0) is 6.54 Å². The molecule has 0 saturated heterocycles. The van der Waals surface area contributed by atoms with Crippen LogP contribution in [0.25, 0.3) is 11.3 Å². The number of nitrogens with one attached hydrogen (secondary N) is 2. The van der Waals surface area contributed by atoms with Crippen molar-refractivity contribution in [1.82, 2.24) is 4.90 Å². The van der Waals surface area contributed by atoms with Crippen LogP contribution in [0.5, 0.6) is 0 Å². The molecule has 0 spiro atoms. The molecule has 0 aromatic heterocycles. The molecule has 0 amide bonds. The molecule has 29 heavy (non-hydrogen) atoms. The second-order valence-corrected chi connectivity index (χ2v) is 7.89. The first-order chi connectivity index (χ1) is 14.0.